The molecule has 0 aliphatic carbocycles. The van der Waals surface area contributed by atoms with Crippen LogP contribution in [0, 0.1) is 5.41 Å². The van der Waals surface area contributed by atoms with Crippen LogP contribution in [0.2, 0.25) is 0 Å². The summed E-state index contributed by atoms with van der Waals surface area (Å²) in [6.07, 6.45) is 5.54. The van der Waals surface area contributed by atoms with Gasteiger partial charge in [-0.1, -0.05) is 64.7 Å². The molecule has 36 heavy (non-hydrogen) atoms. The smallest absolute Gasteiger partial charge is 0.422 e. The zero-order chi connectivity index (χ0) is 28.3. The number of allylic oxidation sites excluding steroid dienone is 2. The second kappa shape index (κ2) is 19.5. The number of hydrazine groups is 1. The molecule has 0 aliphatic rings. The van der Waals surface area contributed by atoms with E-state index in [4.69, 9.17) is 4.74 Å². The van der Waals surface area contributed by atoms with Crippen LogP contribution in [0.15, 0.2) is 37.0 Å². The van der Waals surface area contributed by atoms with E-state index >= 15 is 0 Å². The van der Waals surface area contributed by atoms with Crippen molar-refractivity contribution < 1.29 is 29.0 Å². The van der Waals surface area contributed by atoms with Crippen molar-refractivity contribution in [1.82, 2.24) is 21.1 Å². The molecule has 0 saturated carbocycles. The molecule has 0 spiro atoms. The van der Waals surface area contributed by atoms with Gasteiger partial charge in [-0.15, -0.1) is 0 Å². The molecule has 4 unspecified atom stereocenters. The van der Waals surface area contributed by atoms with Crippen LogP contribution in [-0.4, -0.2) is 80.1 Å². The molecule has 0 aromatic heterocycles. The van der Waals surface area contributed by atoms with Crippen molar-refractivity contribution in [3.05, 3.63) is 37.0 Å². The largest absolute Gasteiger partial charge is 0.453 e. The maximum absolute atomic E-state index is 11.9. The van der Waals surface area contributed by atoms with Crippen LogP contribution in [-0.2, 0) is 14.3 Å². The molecule has 0 bridgehead atoms. The molecule has 10 heteroatoms. The van der Waals surface area contributed by atoms with E-state index in [0.717, 1.165) is 12.0 Å². The fourth-order valence-electron chi connectivity index (χ4n) is 2.61. The van der Waals surface area contributed by atoms with Gasteiger partial charge in [-0.05, 0) is 39.2 Å². The second-order valence-corrected chi connectivity index (χ2v) is 9.35. The topological polar surface area (TPSA) is 129 Å². The van der Waals surface area contributed by atoms with Gasteiger partial charge in [0.05, 0.1) is 19.3 Å². The molecule has 0 aromatic carbocycles. The summed E-state index contributed by atoms with van der Waals surface area (Å²) in [4.78, 5) is 33.2. The van der Waals surface area contributed by atoms with Crippen LogP contribution in [0.4, 0.5) is 9.59 Å². The lowest BCUT2D eigenvalue weighted by Crippen LogP contribution is -2.51. The van der Waals surface area contributed by atoms with Crippen molar-refractivity contribution in [2.75, 3.05) is 27.2 Å². The van der Waals surface area contributed by atoms with Gasteiger partial charge in [-0.2, -0.15) is 0 Å². The predicted octanol–water partition coefficient (Wildman–Crippen LogP) is 3.34. The number of ether oxygens (including phenoxy) is 2. The molecule has 0 aliphatic heterocycles. The number of aliphatic hydroxyl groups is 1. The van der Waals surface area contributed by atoms with Crippen molar-refractivity contribution >= 4 is 18.5 Å². The molecular weight excluding hydrogens is 464 g/mol. The Hall–Kier alpha value is -2.69. The molecular formula is C26H48N4O6. The summed E-state index contributed by atoms with van der Waals surface area (Å²) < 4.78 is 9.59. The van der Waals surface area contributed by atoms with Crippen LogP contribution in [0.25, 0.3) is 0 Å². The zero-order valence-corrected chi connectivity index (χ0v) is 23.3. The van der Waals surface area contributed by atoms with Crippen molar-refractivity contribution in [1.29, 1.82) is 0 Å². The molecule has 0 radical (unpaired) electrons. The van der Waals surface area contributed by atoms with Gasteiger partial charge in [0.25, 0.3) is 0 Å². The Balaban J connectivity index is 0. The molecule has 0 aromatic rings. The van der Waals surface area contributed by atoms with E-state index in [-0.39, 0.29) is 24.1 Å². The number of alkyl carbamates (subject to hydrolysis) is 1. The first-order valence-electron chi connectivity index (χ1n) is 12.1. The SMILES string of the molecule is C=CC(=C)CC(NC)C(O)CN(C/C=C/C)NC(=O)OC(C)CC.COC(=O)NC(C=O)C(C)(C)C. The molecule has 10 nitrogen and oxygen atoms in total. The summed E-state index contributed by atoms with van der Waals surface area (Å²) in [7, 11) is 3.05. The number of carbonyl (C=O) groups excluding carboxylic acids is 3. The summed E-state index contributed by atoms with van der Waals surface area (Å²) in [5, 5.41) is 17.6. The number of rotatable bonds is 14. The van der Waals surface area contributed by atoms with Gasteiger partial charge >= 0.3 is 12.2 Å². The summed E-state index contributed by atoms with van der Waals surface area (Å²) >= 11 is 0. The van der Waals surface area contributed by atoms with E-state index in [1.54, 1.807) is 18.1 Å². The number of nitrogens with one attached hydrogen (secondary N) is 3. The van der Waals surface area contributed by atoms with Crippen molar-refractivity contribution in [2.24, 2.45) is 5.41 Å². The summed E-state index contributed by atoms with van der Waals surface area (Å²) in [6, 6.07) is -0.694. The average molecular weight is 513 g/mol. The number of carbonyl (C=O) groups is 3. The molecule has 2 amide bonds. The molecule has 208 valence electrons. The minimum atomic E-state index is -0.694. The van der Waals surface area contributed by atoms with Crippen LogP contribution in [0.5, 0.6) is 0 Å². The molecule has 0 heterocycles. The van der Waals surface area contributed by atoms with E-state index in [0.29, 0.717) is 19.3 Å². The summed E-state index contributed by atoms with van der Waals surface area (Å²) in [6.45, 7) is 19.6. The quantitative estimate of drug-likeness (QED) is 0.121. The highest BCUT2D eigenvalue weighted by atomic mass is 16.6. The highest BCUT2D eigenvalue weighted by molar-refractivity contribution is 5.73. The van der Waals surface area contributed by atoms with Crippen molar-refractivity contribution in [3.8, 4) is 0 Å². The predicted molar refractivity (Wildman–Crippen MR) is 143 cm³/mol. The molecule has 0 fully saturated rings. The number of hydrogen-bond donors (Lipinski definition) is 4. The minimum absolute atomic E-state index is 0.153. The van der Waals surface area contributed by atoms with E-state index in [2.05, 4.69) is 34.0 Å². The third-order valence-electron chi connectivity index (χ3n) is 5.24. The first-order chi connectivity index (χ1) is 16.8. The molecule has 4 atom stereocenters. The van der Waals surface area contributed by atoms with Gasteiger partial charge in [0.2, 0.25) is 0 Å². The lowest BCUT2D eigenvalue weighted by Gasteiger charge is -2.29. The number of likely N-dealkylation sites (N-methyl/N-ethyl adjacent to an activating group) is 1. The third kappa shape index (κ3) is 16.9. The minimum Gasteiger partial charge on any atom is -0.453 e. The number of aliphatic hydroxyl groups excluding tert-OH is 1. The number of amides is 2. The van der Waals surface area contributed by atoms with Gasteiger partial charge in [0.1, 0.15) is 12.4 Å². The van der Waals surface area contributed by atoms with E-state index in [1.807, 2.05) is 53.7 Å². The number of methoxy groups -OCH3 is 1. The van der Waals surface area contributed by atoms with Crippen LogP contribution in [0.1, 0.15) is 54.4 Å². The van der Waals surface area contributed by atoms with Crippen LogP contribution in [0.3, 0.4) is 0 Å². The number of hydrogen-bond acceptors (Lipinski definition) is 8. The van der Waals surface area contributed by atoms with E-state index in [9.17, 15) is 19.5 Å². The zero-order valence-electron chi connectivity index (χ0n) is 23.3. The highest BCUT2D eigenvalue weighted by Gasteiger charge is 2.26. The Bertz CT molecular complexity index is 705. The van der Waals surface area contributed by atoms with Gasteiger partial charge in [0, 0.05) is 19.1 Å². The number of aldehydes is 1. The fraction of sp³-hybridized carbons (Fsp3) is 0.654. The summed E-state index contributed by atoms with van der Waals surface area (Å²) in [5.41, 5.74) is 3.25. The van der Waals surface area contributed by atoms with Crippen LogP contribution < -0.4 is 16.1 Å². The monoisotopic (exact) mass is 512 g/mol. The van der Waals surface area contributed by atoms with Gasteiger partial charge < -0.3 is 30.0 Å². The van der Waals surface area contributed by atoms with Crippen molar-refractivity contribution in [2.45, 2.75) is 78.7 Å². The second-order valence-electron chi connectivity index (χ2n) is 9.35. The average Bonchev–Trinajstić information content (AvgIpc) is 2.82. The fourth-order valence-corrected chi connectivity index (χ4v) is 2.61. The Kier molecular flexibility index (Phi) is 19.2. The number of nitrogens with zero attached hydrogens (tertiary/aromatic N) is 1. The maximum Gasteiger partial charge on any atom is 0.422 e. The maximum atomic E-state index is 11.9. The first-order valence-corrected chi connectivity index (χ1v) is 12.1. The van der Waals surface area contributed by atoms with E-state index < -0.39 is 24.3 Å². The summed E-state index contributed by atoms with van der Waals surface area (Å²) in [5.74, 6) is 0. The van der Waals surface area contributed by atoms with Crippen LogP contribution >= 0.6 is 0 Å². The van der Waals surface area contributed by atoms with Gasteiger partial charge in [-0.25, -0.2) is 14.6 Å². The normalized spacial score (nSPS) is 14.5. The Labute approximate surface area is 217 Å². The van der Waals surface area contributed by atoms with Gasteiger partial charge in [-0.3, -0.25) is 5.43 Å². The molecule has 4 N–H and O–H groups in total. The lowest BCUT2D eigenvalue weighted by atomic mass is 9.88. The Morgan fingerprint density at radius 1 is 1.22 bits per heavy atom. The highest BCUT2D eigenvalue weighted by Crippen LogP contribution is 2.17. The standard InChI is InChI=1S/C18H33N3O3.C8H15NO3/c1-7-10-11-21(20-18(23)24-15(5)9-3)13-17(22)16(19-6)12-14(4)8-2;1-8(2,3)6(5-10)9-7(11)12-4/h7-8,10,15-17,19,22H,2,4,9,11-13H2,1,3,5-6H3,(H,20,23);5-6H,1-4H3,(H,9,11)/b10-7+;. The third-order valence-corrected chi connectivity index (χ3v) is 5.24. The van der Waals surface area contributed by atoms with Gasteiger partial charge in [0.15, 0.2) is 0 Å². The molecule has 0 saturated heterocycles. The van der Waals surface area contributed by atoms with Crippen molar-refractivity contribution in [3.63, 3.8) is 0 Å². The Morgan fingerprint density at radius 3 is 2.25 bits per heavy atom. The molecule has 0 rings (SSSR count). The first kappa shape index (κ1) is 35.5. The van der Waals surface area contributed by atoms with E-state index in [1.165, 1.54) is 7.11 Å². The Morgan fingerprint density at radius 2 is 1.83 bits per heavy atom. The lowest BCUT2D eigenvalue weighted by molar-refractivity contribution is -0.111.